The Hall–Kier alpha value is -1.98. The highest BCUT2D eigenvalue weighted by molar-refractivity contribution is 5.49. The summed E-state index contributed by atoms with van der Waals surface area (Å²) in [7, 11) is 1.83. The predicted molar refractivity (Wildman–Crippen MR) is 51.2 cm³/mol. The molecule has 72 valence electrons. The van der Waals surface area contributed by atoms with Crippen molar-refractivity contribution in [3.05, 3.63) is 18.1 Å². The maximum atomic E-state index is 5.51. The Morgan fingerprint density at radius 3 is 2.64 bits per heavy atom. The van der Waals surface area contributed by atoms with Gasteiger partial charge in [0.2, 0.25) is 5.95 Å². The Kier molecular flexibility index (Phi) is 1.88. The van der Waals surface area contributed by atoms with E-state index in [1.807, 2.05) is 19.3 Å². The SMILES string of the molecule is Cc1nc(N)nc(-c2ccn(C)n2)n1. The fourth-order valence-electron chi connectivity index (χ4n) is 1.15. The van der Waals surface area contributed by atoms with Gasteiger partial charge in [-0.1, -0.05) is 0 Å². The quantitative estimate of drug-likeness (QED) is 0.692. The van der Waals surface area contributed by atoms with Crippen LogP contribution in [-0.2, 0) is 7.05 Å². The second-order valence-electron chi connectivity index (χ2n) is 2.94. The van der Waals surface area contributed by atoms with Gasteiger partial charge in [0, 0.05) is 13.2 Å². The minimum Gasteiger partial charge on any atom is -0.368 e. The highest BCUT2D eigenvalue weighted by Crippen LogP contribution is 2.11. The molecule has 2 heterocycles. The monoisotopic (exact) mass is 190 g/mol. The summed E-state index contributed by atoms with van der Waals surface area (Å²) in [4.78, 5) is 12.0. The average molecular weight is 190 g/mol. The van der Waals surface area contributed by atoms with Crippen LogP contribution in [0.3, 0.4) is 0 Å². The summed E-state index contributed by atoms with van der Waals surface area (Å²) < 4.78 is 1.69. The van der Waals surface area contributed by atoms with Gasteiger partial charge in [0.05, 0.1) is 0 Å². The van der Waals surface area contributed by atoms with Crippen LogP contribution in [-0.4, -0.2) is 24.7 Å². The number of anilines is 1. The second-order valence-corrected chi connectivity index (χ2v) is 2.94. The van der Waals surface area contributed by atoms with Gasteiger partial charge in [0.15, 0.2) is 5.82 Å². The van der Waals surface area contributed by atoms with E-state index in [1.165, 1.54) is 0 Å². The van der Waals surface area contributed by atoms with Gasteiger partial charge < -0.3 is 5.73 Å². The third-order valence-corrected chi connectivity index (χ3v) is 1.71. The highest BCUT2D eigenvalue weighted by atomic mass is 15.3. The van der Waals surface area contributed by atoms with Crippen molar-refractivity contribution in [1.29, 1.82) is 0 Å². The summed E-state index contributed by atoms with van der Waals surface area (Å²) in [5.41, 5.74) is 6.21. The molecule has 0 aliphatic rings. The summed E-state index contributed by atoms with van der Waals surface area (Å²) >= 11 is 0. The lowest BCUT2D eigenvalue weighted by Gasteiger charge is -1.98. The summed E-state index contributed by atoms with van der Waals surface area (Å²) in [6.45, 7) is 1.77. The first-order valence-corrected chi connectivity index (χ1v) is 4.13. The van der Waals surface area contributed by atoms with Crippen LogP contribution in [0.2, 0.25) is 0 Å². The molecule has 6 nitrogen and oxygen atoms in total. The van der Waals surface area contributed by atoms with E-state index in [0.29, 0.717) is 17.3 Å². The molecular weight excluding hydrogens is 180 g/mol. The van der Waals surface area contributed by atoms with Gasteiger partial charge in [-0.25, -0.2) is 4.98 Å². The molecule has 0 amide bonds. The van der Waals surface area contributed by atoms with E-state index in [-0.39, 0.29) is 5.95 Å². The van der Waals surface area contributed by atoms with Crippen LogP contribution in [0.4, 0.5) is 5.95 Å². The molecule has 0 aromatic carbocycles. The van der Waals surface area contributed by atoms with E-state index in [0.717, 1.165) is 0 Å². The molecule has 0 unspecified atom stereocenters. The minimum absolute atomic E-state index is 0.221. The average Bonchev–Trinajstić information content (AvgIpc) is 2.50. The van der Waals surface area contributed by atoms with Crippen molar-refractivity contribution in [3.8, 4) is 11.5 Å². The normalized spacial score (nSPS) is 10.4. The number of nitrogen functional groups attached to an aromatic ring is 1. The summed E-state index contributed by atoms with van der Waals surface area (Å²) in [5, 5.41) is 4.17. The van der Waals surface area contributed by atoms with Gasteiger partial charge in [-0.15, -0.1) is 0 Å². The predicted octanol–water partition coefficient (Wildman–Crippen LogP) is 0.163. The molecule has 2 aromatic heterocycles. The van der Waals surface area contributed by atoms with Crippen LogP contribution in [0.5, 0.6) is 0 Å². The molecule has 0 saturated carbocycles. The first kappa shape index (κ1) is 8.61. The standard InChI is InChI=1S/C8H10N6/c1-5-10-7(12-8(9)11-5)6-3-4-14(2)13-6/h3-4H,1-2H3,(H2,9,10,11,12). The Bertz CT molecular complexity index is 440. The van der Waals surface area contributed by atoms with E-state index in [4.69, 9.17) is 5.73 Å². The zero-order valence-electron chi connectivity index (χ0n) is 7.97. The van der Waals surface area contributed by atoms with Gasteiger partial charge in [-0.2, -0.15) is 15.1 Å². The van der Waals surface area contributed by atoms with Crippen LogP contribution in [0, 0.1) is 6.92 Å². The molecule has 0 bridgehead atoms. The van der Waals surface area contributed by atoms with E-state index in [1.54, 1.807) is 11.6 Å². The largest absolute Gasteiger partial charge is 0.368 e. The number of hydrogen-bond donors (Lipinski definition) is 1. The lowest BCUT2D eigenvalue weighted by molar-refractivity contribution is 0.767. The Morgan fingerprint density at radius 2 is 2.07 bits per heavy atom. The molecule has 0 saturated heterocycles. The third-order valence-electron chi connectivity index (χ3n) is 1.71. The molecule has 0 fully saturated rings. The molecule has 14 heavy (non-hydrogen) atoms. The van der Waals surface area contributed by atoms with Gasteiger partial charge in [-0.05, 0) is 13.0 Å². The number of nitrogens with two attached hydrogens (primary N) is 1. The topological polar surface area (TPSA) is 82.5 Å². The second kappa shape index (κ2) is 3.06. The van der Waals surface area contributed by atoms with Crippen molar-refractivity contribution in [2.75, 3.05) is 5.73 Å². The summed E-state index contributed by atoms with van der Waals surface area (Å²) in [5.74, 6) is 1.33. The molecule has 0 spiro atoms. The first-order chi connectivity index (χ1) is 6.65. The Morgan fingerprint density at radius 1 is 1.29 bits per heavy atom. The fourth-order valence-corrected chi connectivity index (χ4v) is 1.15. The molecule has 0 aliphatic carbocycles. The maximum absolute atomic E-state index is 5.51. The lowest BCUT2D eigenvalue weighted by Crippen LogP contribution is -2.02. The molecule has 0 radical (unpaired) electrons. The van der Waals surface area contributed by atoms with Crippen LogP contribution >= 0.6 is 0 Å². The summed E-state index contributed by atoms with van der Waals surface area (Å²) in [6.07, 6.45) is 1.82. The maximum Gasteiger partial charge on any atom is 0.223 e. The van der Waals surface area contributed by atoms with E-state index >= 15 is 0 Å². The zero-order valence-corrected chi connectivity index (χ0v) is 7.97. The van der Waals surface area contributed by atoms with Gasteiger partial charge >= 0.3 is 0 Å². The van der Waals surface area contributed by atoms with Crippen molar-refractivity contribution in [2.45, 2.75) is 6.92 Å². The third kappa shape index (κ3) is 1.54. The van der Waals surface area contributed by atoms with Crippen molar-refractivity contribution in [1.82, 2.24) is 24.7 Å². The van der Waals surface area contributed by atoms with Crippen molar-refractivity contribution >= 4 is 5.95 Å². The minimum atomic E-state index is 0.221. The van der Waals surface area contributed by atoms with Crippen LogP contribution in [0.25, 0.3) is 11.5 Å². The van der Waals surface area contributed by atoms with Crippen molar-refractivity contribution < 1.29 is 0 Å². The molecule has 2 rings (SSSR count). The van der Waals surface area contributed by atoms with Crippen LogP contribution in [0.1, 0.15) is 5.82 Å². The number of aryl methyl sites for hydroxylation is 2. The van der Waals surface area contributed by atoms with E-state index < -0.39 is 0 Å². The molecule has 2 aromatic rings. The van der Waals surface area contributed by atoms with Gasteiger partial charge in [-0.3, -0.25) is 4.68 Å². The van der Waals surface area contributed by atoms with E-state index in [2.05, 4.69) is 20.1 Å². The highest BCUT2D eigenvalue weighted by Gasteiger charge is 2.06. The smallest absolute Gasteiger partial charge is 0.223 e. The van der Waals surface area contributed by atoms with Crippen molar-refractivity contribution in [2.24, 2.45) is 7.05 Å². The van der Waals surface area contributed by atoms with Gasteiger partial charge in [0.25, 0.3) is 0 Å². The van der Waals surface area contributed by atoms with Crippen LogP contribution < -0.4 is 5.73 Å². The number of hydrogen-bond acceptors (Lipinski definition) is 5. The van der Waals surface area contributed by atoms with Crippen LogP contribution in [0.15, 0.2) is 12.3 Å². The first-order valence-electron chi connectivity index (χ1n) is 4.13. The van der Waals surface area contributed by atoms with Gasteiger partial charge in [0.1, 0.15) is 11.5 Å². The number of aromatic nitrogens is 5. The zero-order chi connectivity index (χ0) is 10.1. The van der Waals surface area contributed by atoms with Crippen molar-refractivity contribution in [3.63, 3.8) is 0 Å². The lowest BCUT2D eigenvalue weighted by atomic mass is 10.4. The molecule has 0 atom stereocenters. The number of rotatable bonds is 1. The summed E-state index contributed by atoms with van der Waals surface area (Å²) in [6, 6.07) is 1.83. The molecular formula is C8H10N6. The van der Waals surface area contributed by atoms with E-state index in [9.17, 15) is 0 Å². The molecule has 2 N–H and O–H groups in total. The number of nitrogens with zero attached hydrogens (tertiary/aromatic N) is 5. The molecule has 0 aliphatic heterocycles. The Balaban J connectivity index is 2.51. The Labute approximate surface area is 80.8 Å². The fraction of sp³-hybridized carbons (Fsp3) is 0.250. The molecule has 6 heteroatoms.